The Hall–Kier alpha value is -3.50. The number of sulfonamides is 1. The topological polar surface area (TPSA) is 113 Å². The standard InChI is InChI=1S/C23H24N6O3S/c1-28-13-18(12-25-28)20-11-16-7-9-24-23(30)21(16)22(27-20)26-19-5-3-15(4-6-19)17-8-10-29(14-17)33(2,31)32/h3-7,9,11-13,17H,8,10,14H2,1-2H3,(H,24,30)(H,26,27). The molecule has 10 heteroatoms. The second-order valence-electron chi connectivity index (χ2n) is 8.38. The molecule has 0 spiro atoms. The predicted octanol–water partition coefficient (Wildman–Crippen LogP) is 2.82. The Morgan fingerprint density at radius 3 is 2.64 bits per heavy atom. The van der Waals surface area contributed by atoms with Crippen molar-refractivity contribution in [2.24, 2.45) is 7.05 Å². The SMILES string of the molecule is Cn1cc(-c2cc3cc[nH]c(=O)c3c(Nc3ccc(C4CCN(S(C)(=O)=O)C4)cc3)n2)cn1. The van der Waals surface area contributed by atoms with Crippen LogP contribution in [0.15, 0.2) is 59.8 Å². The summed E-state index contributed by atoms with van der Waals surface area (Å²) in [6, 6.07) is 11.6. The summed E-state index contributed by atoms with van der Waals surface area (Å²) in [5.41, 5.74) is 3.23. The number of benzene rings is 1. The average Bonchev–Trinajstić information content (AvgIpc) is 3.44. The Kier molecular flexibility index (Phi) is 5.26. The molecule has 1 atom stereocenters. The fourth-order valence-electron chi connectivity index (χ4n) is 4.28. The Morgan fingerprint density at radius 2 is 1.97 bits per heavy atom. The molecular weight excluding hydrogens is 440 g/mol. The van der Waals surface area contributed by atoms with Crippen molar-refractivity contribution in [1.29, 1.82) is 0 Å². The highest BCUT2D eigenvalue weighted by atomic mass is 32.2. The van der Waals surface area contributed by atoms with Crippen LogP contribution in [-0.2, 0) is 17.1 Å². The van der Waals surface area contributed by atoms with Crippen LogP contribution in [-0.4, -0.2) is 51.8 Å². The van der Waals surface area contributed by atoms with Crippen molar-refractivity contribution in [1.82, 2.24) is 24.1 Å². The first kappa shape index (κ1) is 21.4. The smallest absolute Gasteiger partial charge is 0.259 e. The highest BCUT2D eigenvalue weighted by molar-refractivity contribution is 7.88. The van der Waals surface area contributed by atoms with E-state index in [1.54, 1.807) is 17.1 Å². The zero-order chi connectivity index (χ0) is 23.2. The number of aryl methyl sites for hydroxylation is 1. The molecular formula is C23H24N6O3S. The van der Waals surface area contributed by atoms with Gasteiger partial charge in [-0.1, -0.05) is 12.1 Å². The van der Waals surface area contributed by atoms with Gasteiger partial charge < -0.3 is 10.3 Å². The molecule has 2 N–H and O–H groups in total. The molecule has 1 aliphatic rings. The van der Waals surface area contributed by atoms with Crippen LogP contribution in [0.3, 0.4) is 0 Å². The zero-order valence-corrected chi connectivity index (χ0v) is 19.1. The van der Waals surface area contributed by atoms with Crippen LogP contribution in [0.2, 0.25) is 0 Å². The number of pyridine rings is 2. The van der Waals surface area contributed by atoms with Gasteiger partial charge in [0.25, 0.3) is 5.56 Å². The lowest BCUT2D eigenvalue weighted by atomic mass is 9.98. The molecule has 1 aromatic carbocycles. The minimum absolute atomic E-state index is 0.171. The van der Waals surface area contributed by atoms with Crippen molar-refractivity contribution in [3.05, 3.63) is 70.9 Å². The Bertz CT molecular complexity index is 1490. The van der Waals surface area contributed by atoms with Gasteiger partial charge in [0.15, 0.2) is 0 Å². The average molecular weight is 465 g/mol. The van der Waals surface area contributed by atoms with Crippen LogP contribution >= 0.6 is 0 Å². The molecule has 170 valence electrons. The van der Waals surface area contributed by atoms with Gasteiger partial charge in [-0.2, -0.15) is 5.10 Å². The van der Waals surface area contributed by atoms with Crippen LogP contribution in [0.5, 0.6) is 0 Å². The highest BCUT2D eigenvalue weighted by Gasteiger charge is 2.29. The first-order valence-corrected chi connectivity index (χ1v) is 12.5. The third-order valence-corrected chi connectivity index (χ3v) is 7.29. The first-order valence-electron chi connectivity index (χ1n) is 10.6. The lowest BCUT2D eigenvalue weighted by Crippen LogP contribution is -2.27. The van der Waals surface area contributed by atoms with Gasteiger partial charge >= 0.3 is 0 Å². The van der Waals surface area contributed by atoms with E-state index in [4.69, 9.17) is 4.98 Å². The van der Waals surface area contributed by atoms with Crippen LogP contribution in [0.1, 0.15) is 17.9 Å². The summed E-state index contributed by atoms with van der Waals surface area (Å²) in [4.78, 5) is 20.0. The summed E-state index contributed by atoms with van der Waals surface area (Å²) in [7, 11) is -1.33. The van der Waals surface area contributed by atoms with Crippen LogP contribution in [0.4, 0.5) is 11.5 Å². The van der Waals surface area contributed by atoms with E-state index in [0.717, 1.165) is 28.6 Å². The first-order chi connectivity index (χ1) is 15.8. The number of nitrogens with zero attached hydrogens (tertiary/aromatic N) is 4. The van der Waals surface area contributed by atoms with Gasteiger partial charge in [0.1, 0.15) is 5.82 Å². The molecule has 0 bridgehead atoms. The van der Waals surface area contributed by atoms with Crippen molar-refractivity contribution in [3.63, 3.8) is 0 Å². The van der Waals surface area contributed by atoms with E-state index in [-0.39, 0.29) is 11.5 Å². The van der Waals surface area contributed by atoms with E-state index >= 15 is 0 Å². The quantitative estimate of drug-likeness (QED) is 0.470. The fraction of sp³-hybridized carbons (Fsp3) is 0.261. The summed E-state index contributed by atoms with van der Waals surface area (Å²) in [5.74, 6) is 0.634. The molecule has 5 rings (SSSR count). The van der Waals surface area contributed by atoms with Gasteiger partial charge in [0.05, 0.1) is 23.5 Å². The van der Waals surface area contributed by atoms with E-state index in [1.165, 1.54) is 10.6 Å². The molecule has 1 fully saturated rings. The summed E-state index contributed by atoms with van der Waals surface area (Å²) in [5, 5.41) is 8.77. The van der Waals surface area contributed by atoms with Gasteiger partial charge in [-0.3, -0.25) is 9.48 Å². The van der Waals surface area contributed by atoms with Gasteiger partial charge in [-0.05, 0) is 47.6 Å². The molecule has 33 heavy (non-hydrogen) atoms. The van der Waals surface area contributed by atoms with Gasteiger partial charge in [0.2, 0.25) is 10.0 Å². The van der Waals surface area contributed by atoms with Crippen molar-refractivity contribution in [3.8, 4) is 11.3 Å². The normalized spacial score (nSPS) is 17.0. The Balaban J connectivity index is 1.46. The molecule has 0 saturated carbocycles. The molecule has 0 radical (unpaired) electrons. The van der Waals surface area contributed by atoms with Crippen molar-refractivity contribution in [2.45, 2.75) is 12.3 Å². The summed E-state index contributed by atoms with van der Waals surface area (Å²) in [6.07, 6.45) is 7.29. The number of nitrogens with one attached hydrogen (secondary N) is 2. The molecule has 1 saturated heterocycles. The summed E-state index contributed by atoms with van der Waals surface area (Å²) < 4.78 is 26.8. The molecule has 4 aromatic rings. The molecule has 9 nitrogen and oxygen atoms in total. The molecule has 0 aliphatic carbocycles. The highest BCUT2D eigenvalue weighted by Crippen LogP contribution is 2.31. The summed E-state index contributed by atoms with van der Waals surface area (Å²) in [6.45, 7) is 1.05. The molecule has 1 aliphatic heterocycles. The number of anilines is 2. The monoisotopic (exact) mass is 464 g/mol. The second kappa shape index (κ2) is 8.13. The number of rotatable bonds is 5. The van der Waals surface area contributed by atoms with E-state index < -0.39 is 10.0 Å². The number of hydrogen-bond donors (Lipinski definition) is 2. The number of aromatic amines is 1. The number of hydrogen-bond acceptors (Lipinski definition) is 6. The van der Waals surface area contributed by atoms with E-state index in [1.807, 2.05) is 49.6 Å². The number of fused-ring (bicyclic) bond motifs is 1. The zero-order valence-electron chi connectivity index (χ0n) is 18.3. The maximum absolute atomic E-state index is 12.6. The minimum Gasteiger partial charge on any atom is -0.340 e. The van der Waals surface area contributed by atoms with Crippen LogP contribution < -0.4 is 10.9 Å². The van der Waals surface area contributed by atoms with E-state index in [2.05, 4.69) is 15.4 Å². The van der Waals surface area contributed by atoms with Gasteiger partial charge in [-0.25, -0.2) is 17.7 Å². The Labute approximate surface area is 191 Å². The van der Waals surface area contributed by atoms with Gasteiger partial charge in [0, 0.05) is 43.8 Å². The molecule has 1 unspecified atom stereocenters. The van der Waals surface area contributed by atoms with Crippen LogP contribution in [0, 0.1) is 0 Å². The van der Waals surface area contributed by atoms with Crippen molar-refractivity contribution < 1.29 is 8.42 Å². The lowest BCUT2D eigenvalue weighted by Gasteiger charge is -2.14. The number of H-pyrrole nitrogens is 1. The third-order valence-electron chi connectivity index (χ3n) is 6.02. The Morgan fingerprint density at radius 1 is 1.18 bits per heavy atom. The minimum atomic E-state index is -3.17. The number of aromatic nitrogens is 4. The summed E-state index contributed by atoms with van der Waals surface area (Å²) >= 11 is 0. The lowest BCUT2D eigenvalue weighted by molar-refractivity contribution is 0.478. The third kappa shape index (κ3) is 4.27. The largest absolute Gasteiger partial charge is 0.340 e. The second-order valence-corrected chi connectivity index (χ2v) is 10.4. The maximum Gasteiger partial charge on any atom is 0.259 e. The van der Waals surface area contributed by atoms with Crippen molar-refractivity contribution >= 4 is 32.3 Å². The van der Waals surface area contributed by atoms with Crippen molar-refractivity contribution in [2.75, 3.05) is 24.7 Å². The van der Waals surface area contributed by atoms with Gasteiger partial charge in [-0.15, -0.1) is 0 Å². The van der Waals surface area contributed by atoms with E-state index in [0.29, 0.717) is 30.0 Å². The molecule has 3 aromatic heterocycles. The van der Waals surface area contributed by atoms with Crippen LogP contribution in [0.25, 0.3) is 22.0 Å². The maximum atomic E-state index is 12.6. The molecule has 0 amide bonds. The predicted molar refractivity (Wildman–Crippen MR) is 128 cm³/mol. The fourth-order valence-corrected chi connectivity index (χ4v) is 5.17. The molecule has 4 heterocycles. The van der Waals surface area contributed by atoms with E-state index in [9.17, 15) is 13.2 Å².